The molecule has 0 fully saturated rings. The molecule has 3 aromatic rings. The second-order valence-corrected chi connectivity index (χ2v) is 9.13. The van der Waals surface area contributed by atoms with Crippen LogP contribution in [0.15, 0.2) is 71.4 Å². The van der Waals surface area contributed by atoms with Gasteiger partial charge in [0.2, 0.25) is 5.90 Å². The third-order valence-corrected chi connectivity index (χ3v) is 6.06. The normalized spacial score (nSPS) is 14.1. The third kappa shape index (κ3) is 5.43. The number of benzene rings is 3. The molecule has 0 N–H and O–H groups in total. The number of carbonyl (C=O) groups is 2. The lowest BCUT2D eigenvalue weighted by Gasteiger charge is -2.13. The number of cyclic esters (lactones) is 1. The van der Waals surface area contributed by atoms with E-state index in [2.05, 4.69) is 27.6 Å². The molecule has 0 amide bonds. The van der Waals surface area contributed by atoms with Gasteiger partial charge >= 0.3 is 5.97 Å². The molecule has 0 aliphatic carbocycles. The van der Waals surface area contributed by atoms with Crippen molar-refractivity contribution in [2.24, 2.45) is 4.99 Å². The van der Waals surface area contributed by atoms with Crippen LogP contribution < -0.4 is 9.47 Å². The third-order valence-electron chi connectivity index (χ3n) is 4.78. The summed E-state index contributed by atoms with van der Waals surface area (Å²) in [6, 6.07) is 17.3. The van der Waals surface area contributed by atoms with E-state index in [-0.39, 0.29) is 34.8 Å². The summed E-state index contributed by atoms with van der Waals surface area (Å²) in [5.41, 5.74) is 1.67. The predicted molar refractivity (Wildman–Crippen MR) is 139 cm³/mol. The van der Waals surface area contributed by atoms with Crippen molar-refractivity contribution in [3.63, 3.8) is 0 Å². The fourth-order valence-corrected chi connectivity index (χ4v) is 4.12. The van der Waals surface area contributed by atoms with Crippen LogP contribution in [-0.2, 0) is 9.53 Å². The van der Waals surface area contributed by atoms with E-state index in [1.165, 1.54) is 13.2 Å². The summed E-state index contributed by atoms with van der Waals surface area (Å²) in [6.45, 7) is -0.211. The average molecular weight is 608 g/mol. The quantitative estimate of drug-likeness (QED) is 0.138. The molecule has 34 heavy (non-hydrogen) atoms. The van der Waals surface area contributed by atoms with Crippen LogP contribution in [-0.4, -0.2) is 31.4 Å². The molecule has 0 saturated heterocycles. The number of nitrogens with zero attached hydrogens (tertiary/aromatic N) is 1. The van der Waals surface area contributed by atoms with E-state index >= 15 is 0 Å². The van der Waals surface area contributed by atoms with Gasteiger partial charge in [-0.25, -0.2) is 9.79 Å². The first-order valence-corrected chi connectivity index (χ1v) is 11.8. The van der Waals surface area contributed by atoms with E-state index in [1.807, 2.05) is 12.1 Å². The highest BCUT2D eigenvalue weighted by Crippen LogP contribution is 2.37. The number of halogens is 3. The first kappa shape index (κ1) is 24.3. The van der Waals surface area contributed by atoms with Crippen LogP contribution in [0.1, 0.15) is 21.5 Å². The number of rotatable bonds is 7. The topological polar surface area (TPSA) is 74.2 Å². The summed E-state index contributed by atoms with van der Waals surface area (Å²) in [4.78, 5) is 29.1. The van der Waals surface area contributed by atoms with Crippen molar-refractivity contribution in [3.05, 3.63) is 96.7 Å². The Hall–Kier alpha value is -2.88. The number of ketones is 1. The summed E-state index contributed by atoms with van der Waals surface area (Å²) < 4.78 is 17.3. The van der Waals surface area contributed by atoms with Crippen molar-refractivity contribution in [2.75, 3.05) is 13.7 Å². The largest absolute Gasteiger partial charge is 0.493 e. The molecule has 6 nitrogen and oxygen atoms in total. The number of hydrogen-bond acceptors (Lipinski definition) is 6. The predicted octanol–water partition coefficient (Wildman–Crippen LogP) is 6.21. The SMILES string of the molecule is COc1cc(/C=C2\N=C(c3cc(I)ccc3Cl)OC2=O)cc(Cl)c1OCC(=O)c1ccccc1. The highest BCUT2D eigenvalue weighted by molar-refractivity contribution is 14.1. The van der Waals surface area contributed by atoms with Gasteiger partial charge in [0.15, 0.2) is 29.6 Å². The van der Waals surface area contributed by atoms with E-state index in [0.29, 0.717) is 27.5 Å². The van der Waals surface area contributed by atoms with E-state index in [9.17, 15) is 9.59 Å². The zero-order chi connectivity index (χ0) is 24.2. The van der Waals surface area contributed by atoms with Gasteiger partial charge in [0, 0.05) is 9.13 Å². The van der Waals surface area contributed by atoms with Crippen LogP contribution in [0, 0.1) is 3.57 Å². The summed E-state index contributed by atoms with van der Waals surface area (Å²) in [5, 5.41) is 0.632. The van der Waals surface area contributed by atoms with Gasteiger partial charge in [-0.1, -0.05) is 53.5 Å². The molecule has 3 aromatic carbocycles. The molecule has 0 bridgehead atoms. The van der Waals surface area contributed by atoms with Gasteiger partial charge in [0.1, 0.15) is 0 Å². The van der Waals surface area contributed by atoms with Gasteiger partial charge in [0.25, 0.3) is 0 Å². The second kappa shape index (κ2) is 10.6. The van der Waals surface area contributed by atoms with Gasteiger partial charge in [-0.3, -0.25) is 4.79 Å². The number of ether oxygens (including phenoxy) is 3. The van der Waals surface area contributed by atoms with Crippen LogP contribution in [0.25, 0.3) is 6.08 Å². The van der Waals surface area contributed by atoms with Crippen molar-refractivity contribution in [1.29, 1.82) is 0 Å². The Morgan fingerprint density at radius 1 is 1.09 bits per heavy atom. The number of aliphatic imine (C=N–C) groups is 1. The summed E-state index contributed by atoms with van der Waals surface area (Å²) >= 11 is 14.8. The molecule has 0 spiro atoms. The zero-order valence-corrected chi connectivity index (χ0v) is 21.3. The Kier molecular flexibility index (Phi) is 7.55. The molecule has 172 valence electrons. The number of methoxy groups -OCH3 is 1. The van der Waals surface area contributed by atoms with E-state index < -0.39 is 5.97 Å². The molecule has 0 atom stereocenters. The molecule has 0 saturated carbocycles. The van der Waals surface area contributed by atoms with Gasteiger partial charge < -0.3 is 14.2 Å². The Morgan fingerprint density at radius 3 is 2.59 bits per heavy atom. The molecular weight excluding hydrogens is 592 g/mol. The minimum atomic E-state index is -0.617. The smallest absolute Gasteiger partial charge is 0.363 e. The molecule has 1 aliphatic heterocycles. The lowest BCUT2D eigenvalue weighted by atomic mass is 10.1. The van der Waals surface area contributed by atoms with Crippen molar-refractivity contribution in [2.45, 2.75) is 0 Å². The zero-order valence-electron chi connectivity index (χ0n) is 17.7. The van der Waals surface area contributed by atoms with Crippen molar-refractivity contribution < 1.29 is 23.8 Å². The summed E-state index contributed by atoms with van der Waals surface area (Å²) in [7, 11) is 1.45. The number of esters is 1. The number of carbonyl (C=O) groups excluding carboxylic acids is 2. The first-order chi connectivity index (χ1) is 16.4. The van der Waals surface area contributed by atoms with Crippen LogP contribution in [0.2, 0.25) is 10.0 Å². The number of hydrogen-bond donors (Lipinski definition) is 0. The maximum absolute atomic E-state index is 12.4. The molecule has 1 heterocycles. The maximum atomic E-state index is 12.4. The lowest BCUT2D eigenvalue weighted by molar-refractivity contribution is -0.129. The lowest BCUT2D eigenvalue weighted by Crippen LogP contribution is -2.12. The Bertz CT molecular complexity index is 1340. The van der Waals surface area contributed by atoms with Crippen LogP contribution in [0.3, 0.4) is 0 Å². The second-order valence-electron chi connectivity index (χ2n) is 7.07. The molecule has 9 heteroatoms. The van der Waals surface area contributed by atoms with Crippen molar-refractivity contribution >= 4 is 69.5 Å². The average Bonchev–Trinajstić information content (AvgIpc) is 3.19. The summed E-state index contributed by atoms with van der Waals surface area (Å²) in [5.74, 6) is -0.170. The Morgan fingerprint density at radius 2 is 1.85 bits per heavy atom. The first-order valence-electron chi connectivity index (χ1n) is 9.92. The van der Waals surface area contributed by atoms with Gasteiger partial charge in [-0.05, 0) is 64.6 Å². The molecule has 1 aliphatic rings. The standard InChI is InChI=1S/C25H16Cl2INO5/c1-32-22-11-14(9-19(27)23(22)33-13-21(30)15-5-3-2-4-6-15)10-20-25(31)34-24(29-20)17-12-16(28)7-8-18(17)26/h2-12H,13H2,1H3/b20-10-. The molecule has 0 radical (unpaired) electrons. The van der Waals surface area contributed by atoms with Crippen molar-refractivity contribution in [1.82, 2.24) is 0 Å². The molecule has 0 unspecified atom stereocenters. The Labute approximate surface area is 219 Å². The van der Waals surface area contributed by atoms with Crippen LogP contribution in [0.5, 0.6) is 11.5 Å². The highest BCUT2D eigenvalue weighted by Gasteiger charge is 2.26. The van der Waals surface area contributed by atoms with Crippen molar-refractivity contribution in [3.8, 4) is 11.5 Å². The molecule has 4 rings (SSSR count). The number of Topliss-reactive ketones (excluding diaryl/α,β-unsaturated/α-hetero) is 1. The van der Waals surface area contributed by atoms with Gasteiger partial charge in [-0.15, -0.1) is 0 Å². The minimum absolute atomic E-state index is 0.0796. The fraction of sp³-hybridized carbons (Fsp3) is 0.0800. The fourth-order valence-electron chi connectivity index (χ4n) is 3.15. The highest BCUT2D eigenvalue weighted by atomic mass is 127. The molecular formula is C25H16Cl2INO5. The van der Waals surface area contributed by atoms with Gasteiger partial charge in [0.05, 0.1) is 22.7 Å². The molecule has 0 aromatic heterocycles. The van der Waals surface area contributed by atoms with Gasteiger partial charge in [-0.2, -0.15) is 0 Å². The van der Waals surface area contributed by atoms with Crippen LogP contribution >= 0.6 is 45.8 Å². The van der Waals surface area contributed by atoms with Crippen LogP contribution in [0.4, 0.5) is 0 Å². The van der Waals surface area contributed by atoms with E-state index in [1.54, 1.807) is 48.5 Å². The Balaban J connectivity index is 1.58. The maximum Gasteiger partial charge on any atom is 0.363 e. The minimum Gasteiger partial charge on any atom is -0.493 e. The monoisotopic (exact) mass is 607 g/mol. The van der Waals surface area contributed by atoms with E-state index in [4.69, 9.17) is 37.4 Å². The summed E-state index contributed by atoms with van der Waals surface area (Å²) in [6.07, 6.45) is 1.52. The van der Waals surface area contributed by atoms with E-state index in [0.717, 1.165) is 3.57 Å².